The molecule has 0 unspecified atom stereocenters. The smallest absolute Gasteiger partial charge is 0.0225 e. The molecule has 17 heavy (non-hydrogen) atoms. The monoisotopic (exact) mass is 223 g/mol. The Morgan fingerprint density at radius 1 is 0.882 bits per heavy atom. The molecule has 86 valence electrons. The average molecular weight is 223 g/mol. The van der Waals surface area contributed by atoms with Gasteiger partial charge in [-0.1, -0.05) is 47.5 Å². The van der Waals surface area contributed by atoms with E-state index in [1.165, 1.54) is 33.4 Å². The molecular formula is C16H17N. The predicted octanol–water partition coefficient (Wildman–Crippen LogP) is 3.37. The molecule has 0 spiro atoms. The normalized spacial score (nSPS) is 13.6. The van der Waals surface area contributed by atoms with Crippen LogP contribution < -0.4 is 5.73 Å². The zero-order chi connectivity index (χ0) is 12.0. The average Bonchev–Trinajstić information content (AvgIpc) is 2.60. The van der Waals surface area contributed by atoms with Gasteiger partial charge in [0.1, 0.15) is 0 Å². The zero-order valence-electron chi connectivity index (χ0n) is 10.3. The van der Waals surface area contributed by atoms with Crippen LogP contribution in [0.3, 0.4) is 0 Å². The highest BCUT2D eigenvalue weighted by molar-refractivity contribution is 5.79. The fourth-order valence-electron chi connectivity index (χ4n) is 2.85. The number of rotatable bonds is 1. The molecule has 3 rings (SSSR count). The third-order valence-electron chi connectivity index (χ3n) is 3.69. The second-order valence-corrected chi connectivity index (χ2v) is 4.97. The number of hydrogen-bond donors (Lipinski definition) is 1. The molecule has 0 bridgehead atoms. The highest BCUT2D eigenvalue weighted by Gasteiger charge is 2.27. The highest BCUT2D eigenvalue weighted by Crippen LogP contribution is 2.44. The largest absolute Gasteiger partial charge is 0.330 e. The predicted molar refractivity (Wildman–Crippen MR) is 72.2 cm³/mol. The molecule has 0 fully saturated rings. The van der Waals surface area contributed by atoms with E-state index in [2.05, 4.69) is 50.2 Å². The van der Waals surface area contributed by atoms with Gasteiger partial charge in [0.05, 0.1) is 0 Å². The number of benzene rings is 2. The van der Waals surface area contributed by atoms with Gasteiger partial charge in [0.2, 0.25) is 0 Å². The molecule has 0 saturated heterocycles. The lowest BCUT2D eigenvalue weighted by Gasteiger charge is -2.11. The summed E-state index contributed by atoms with van der Waals surface area (Å²) < 4.78 is 0. The summed E-state index contributed by atoms with van der Waals surface area (Å²) in [5.41, 5.74) is 14.1. The lowest BCUT2D eigenvalue weighted by molar-refractivity contribution is 0.839. The highest BCUT2D eigenvalue weighted by atomic mass is 14.6. The first kappa shape index (κ1) is 10.5. The molecule has 1 aliphatic rings. The summed E-state index contributed by atoms with van der Waals surface area (Å²) in [5, 5.41) is 0. The standard InChI is InChI=1S/C16H17N/c1-10-3-5-12-13-6-4-11(2)8-15(13)16(9-17)14(12)7-10/h3-8,16H,9,17H2,1-2H3. The van der Waals surface area contributed by atoms with Gasteiger partial charge in [-0.3, -0.25) is 0 Å². The Labute approximate surface area is 102 Å². The molecule has 1 heteroatoms. The molecule has 0 radical (unpaired) electrons. The van der Waals surface area contributed by atoms with Crippen LogP contribution in [0, 0.1) is 13.8 Å². The number of aryl methyl sites for hydroxylation is 2. The van der Waals surface area contributed by atoms with Crippen LogP contribution in [0.1, 0.15) is 28.2 Å². The first-order valence-corrected chi connectivity index (χ1v) is 6.12. The summed E-state index contributed by atoms with van der Waals surface area (Å²) in [6, 6.07) is 13.4. The molecular weight excluding hydrogens is 206 g/mol. The molecule has 1 aliphatic carbocycles. The second kappa shape index (κ2) is 3.71. The van der Waals surface area contributed by atoms with Gasteiger partial charge < -0.3 is 5.73 Å². The van der Waals surface area contributed by atoms with E-state index in [0.29, 0.717) is 12.5 Å². The quantitative estimate of drug-likeness (QED) is 0.788. The topological polar surface area (TPSA) is 26.0 Å². The minimum absolute atomic E-state index is 0.375. The third-order valence-corrected chi connectivity index (χ3v) is 3.69. The van der Waals surface area contributed by atoms with Crippen LogP contribution >= 0.6 is 0 Å². The van der Waals surface area contributed by atoms with Gasteiger partial charge in [0.25, 0.3) is 0 Å². The first-order chi connectivity index (χ1) is 8.20. The minimum atomic E-state index is 0.375. The maximum absolute atomic E-state index is 5.96. The van der Waals surface area contributed by atoms with Crippen LogP contribution in [-0.2, 0) is 0 Å². The van der Waals surface area contributed by atoms with Crippen LogP contribution in [0.4, 0.5) is 0 Å². The van der Waals surface area contributed by atoms with E-state index in [1.54, 1.807) is 0 Å². The van der Waals surface area contributed by atoms with E-state index < -0.39 is 0 Å². The SMILES string of the molecule is Cc1ccc2c(c1)C(CN)c1cc(C)ccc1-2. The molecule has 0 amide bonds. The van der Waals surface area contributed by atoms with Crippen molar-refractivity contribution in [1.82, 2.24) is 0 Å². The summed E-state index contributed by atoms with van der Waals surface area (Å²) in [4.78, 5) is 0. The van der Waals surface area contributed by atoms with Gasteiger partial charge >= 0.3 is 0 Å². The Morgan fingerprint density at radius 2 is 1.35 bits per heavy atom. The molecule has 0 heterocycles. The molecule has 0 aromatic heterocycles. The van der Waals surface area contributed by atoms with E-state index in [9.17, 15) is 0 Å². The van der Waals surface area contributed by atoms with Crippen molar-refractivity contribution in [3.8, 4) is 11.1 Å². The van der Waals surface area contributed by atoms with Crippen LogP contribution in [0.25, 0.3) is 11.1 Å². The van der Waals surface area contributed by atoms with Crippen molar-refractivity contribution in [2.45, 2.75) is 19.8 Å². The lowest BCUT2D eigenvalue weighted by atomic mass is 9.95. The van der Waals surface area contributed by atoms with Gasteiger partial charge in [-0.05, 0) is 36.1 Å². The van der Waals surface area contributed by atoms with Gasteiger partial charge in [0.15, 0.2) is 0 Å². The van der Waals surface area contributed by atoms with E-state index in [1.807, 2.05) is 0 Å². The maximum Gasteiger partial charge on any atom is 0.0225 e. The molecule has 0 aliphatic heterocycles. The van der Waals surface area contributed by atoms with Crippen molar-refractivity contribution >= 4 is 0 Å². The first-order valence-electron chi connectivity index (χ1n) is 6.12. The fraction of sp³-hybridized carbons (Fsp3) is 0.250. The lowest BCUT2D eigenvalue weighted by Crippen LogP contribution is -2.11. The van der Waals surface area contributed by atoms with Gasteiger partial charge in [0, 0.05) is 12.5 Å². The summed E-state index contributed by atoms with van der Waals surface area (Å²) in [5.74, 6) is 0.375. The summed E-state index contributed by atoms with van der Waals surface area (Å²) >= 11 is 0. The Hall–Kier alpha value is -1.60. The summed E-state index contributed by atoms with van der Waals surface area (Å²) in [6.45, 7) is 4.97. The number of hydrogen-bond acceptors (Lipinski definition) is 1. The Kier molecular flexibility index (Phi) is 2.30. The van der Waals surface area contributed by atoms with E-state index in [-0.39, 0.29) is 0 Å². The second-order valence-electron chi connectivity index (χ2n) is 4.97. The number of nitrogens with two attached hydrogens (primary N) is 1. The molecule has 2 aromatic carbocycles. The Morgan fingerprint density at radius 3 is 1.76 bits per heavy atom. The van der Waals surface area contributed by atoms with E-state index >= 15 is 0 Å². The third kappa shape index (κ3) is 1.50. The molecule has 2 aromatic rings. The maximum atomic E-state index is 5.96. The van der Waals surface area contributed by atoms with Crippen molar-refractivity contribution in [2.24, 2.45) is 5.73 Å². The van der Waals surface area contributed by atoms with Gasteiger partial charge in [-0.25, -0.2) is 0 Å². The Balaban J connectivity index is 2.28. The van der Waals surface area contributed by atoms with E-state index in [4.69, 9.17) is 5.73 Å². The fourth-order valence-corrected chi connectivity index (χ4v) is 2.85. The van der Waals surface area contributed by atoms with Crippen LogP contribution in [0.15, 0.2) is 36.4 Å². The van der Waals surface area contributed by atoms with E-state index in [0.717, 1.165) is 0 Å². The van der Waals surface area contributed by atoms with Crippen molar-refractivity contribution in [1.29, 1.82) is 0 Å². The van der Waals surface area contributed by atoms with Crippen molar-refractivity contribution in [3.63, 3.8) is 0 Å². The van der Waals surface area contributed by atoms with Crippen LogP contribution in [0.5, 0.6) is 0 Å². The zero-order valence-corrected chi connectivity index (χ0v) is 10.3. The van der Waals surface area contributed by atoms with Crippen molar-refractivity contribution < 1.29 is 0 Å². The molecule has 2 N–H and O–H groups in total. The van der Waals surface area contributed by atoms with Gasteiger partial charge in [-0.2, -0.15) is 0 Å². The Bertz CT molecular complexity index is 533. The van der Waals surface area contributed by atoms with Crippen LogP contribution in [0.2, 0.25) is 0 Å². The van der Waals surface area contributed by atoms with Gasteiger partial charge in [-0.15, -0.1) is 0 Å². The van der Waals surface area contributed by atoms with Crippen LogP contribution in [-0.4, -0.2) is 6.54 Å². The molecule has 0 atom stereocenters. The molecule has 1 nitrogen and oxygen atoms in total. The molecule has 0 saturated carbocycles. The van der Waals surface area contributed by atoms with Crippen molar-refractivity contribution in [3.05, 3.63) is 58.7 Å². The summed E-state index contributed by atoms with van der Waals surface area (Å²) in [7, 11) is 0. The van der Waals surface area contributed by atoms with Crippen molar-refractivity contribution in [2.75, 3.05) is 6.54 Å². The minimum Gasteiger partial charge on any atom is -0.330 e. The number of fused-ring (bicyclic) bond motifs is 3. The summed E-state index contributed by atoms with van der Waals surface area (Å²) in [6.07, 6.45) is 0.